The molecule has 5 nitrogen and oxygen atoms in total. The van der Waals surface area contributed by atoms with Crippen molar-refractivity contribution >= 4 is 11.7 Å². The Balaban J connectivity index is 2.37. The molecule has 1 aromatic carbocycles. The number of nitrogens with one attached hydrogen (secondary N) is 1. The first-order valence-electron chi connectivity index (χ1n) is 6.10. The highest BCUT2D eigenvalue weighted by Crippen LogP contribution is 2.31. The third-order valence-electron chi connectivity index (χ3n) is 3.12. The Morgan fingerprint density at radius 1 is 1.56 bits per heavy atom. The van der Waals surface area contributed by atoms with Crippen LogP contribution in [-0.4, -0.2) is 26.2 Å². The van der Waals surface area contributed by atoms with E-state index < -0.39 is 0 Å². The van der Waals surface area contributed by atoms with Crippen LogP contribution in [0, 0.1) is 0 Å². The topological polar surface area (TPSA) is 75.2 Å². The van der Waals surface area contributed by atoms with Crippen LogP contribution in [0.25, 0.3) is 0 Å². The molecular formula is C13H19N2O3+. The van der Waals surface area contributed by atoms with E-state index in [1.54, 1.807) is 7.11 Å². The SMILES string of the molecule is CCOC(=O)C1NCCc2cc(OC)c([NH3+])cc21. The molecule has 1 heterocycles. The number of benzene rings is 1. The van der Waals surface area contributed by atoms with Crippen molar-refractivity contribution in [2.75, 3.05) is 20.3 Å². The molecule has 18 heavy (non-hydrogen) atoms. The Bertz CT molecular complexity index is 460. The number of rotatable bonds is 3. The van der Waals surface area contributed by atoms with Gasteiger partial charge in [0.15, 0.2) is 11.4 Å². The van der Waals surface area contributed by atoms with E-state index in [-0.39, 0.29) is 12.0 Å². The molecule has 0 fully saturated rings. The fourth-order valence-corrected chi connectivity index (χ4v) is 2.26. The van der Waals surface area contributed by atoms with Gasteiger partial charge in [0.2, 0.25) is 0 Å². The van der Waals surface area contributed by atoms with Crippen LogP contribution in [0.5, 0.6) is 5.75 Å². The van der Waals surface area contributed by atoms with Gasteiger partial charge in [-0.05, 0) is 30.5 Å². The Kier molecular flexibility index (Phi) is 3.84. The molecule has 1 aliphatic heterocycles. The van der Waals surface area contributed by atoms with Crippen molar-refractivity contribution in [3.63, 3.8) is 0 Å². The molecule has 0 spiro atoms. The number of esters is 1. The van der Waals surface area contributed by atoms with E-state index in [4.69, 9.17) is 9.47 Å². The van der Waals surface area contributed by atoms with Gasteiger partial charge >= 0.3 is 5.97 Å². The number of ether oxygens (including phenoxy) is 2. The molecule has 2 rings (SSSR count). The van der Waals surface area contributed by atoms with E-state index in [1.807, 2.05) is 19.1 Å². The smallest absolute Gasteiger partial charge is 0.327 e. The molecule has 1 unspecified atom stereocenters. The molecule has 98 valence electrons. The van der Waals surface area contributed by atoms with Crippen molar-refractivity contribution in [3.8, 4) is 5.75 Å². The highest BCUT2D eigenvalue weighted by molar-refractivity contribution is 5.79. The summed E-state index contributed by atoms with van der Waals surface area (Å²) in [6.07, 6.45) is 0.877. The fourth-order valence-electron chi connectivity index (χ4n) is 2.26. The first-order chi connectivity index (χ1) is 8.67. The van der Waals surface area contributed by atoms with Gasteiger partial charge in [-0.1, -0.05) is 0 Å². The summed E-state index contributed by atoms with van der Waals surface area (Å²) in [6.45, 7) is 2.96. The molecule has 1 atom stereocenters. The molecule has 1 aliphatic rings. The van der Waals surface area contributed by atoms with E-state index in [9.17, 15) is 4.79 Å². The fraction of sp³-hybridized carbons (Fsp3) is 0.462. The van der Waals surface area contributed by atoms with Gasteiger partial charge in [0.1, 0.15) is 6.04 Å². The van der Waals surface area contributed by atoms with Gasteiger partial charge in [-0.25, -0.2) is 4.79 Å². The van der Waals surface area contributed by atoms with Gasteiger partial charge in [0.05, 0.1) is 13.7 Å². The third kappa shape index (κ3) is 2.32. The number of hydrogen-bond acceptors (Lipinski definition) is 4. The predicted octanol–water partition coefficient (Wildman–Crippen LogP) is 0.319. The quantitative estimate of drug-likeness (QED) is 0.759. The maximum Gasteiger partial charge on any atom is 0.327 e. The Hall–Kier alpha value is -1.59. The zero-order chi connectivity index (χ0) is 13.1. The van der Waals surface area contributed by atoms with Crippen LogP contribution >= 0.6 is 0 Å². The molecule has 0 radical (unpaired) electrons. The molecule has 0 bridgehead atoms. The maximum atomic E-state index is 11.9. The average Bonchev–Trinajstić information content (AvgIpc) is 2.37. The Morgan fingerprint density at radius 3 is 3.00 bits per heavy atom. The summed E-state index contributed by atoms with van der Waals surface area (Å²) in [5, 5.41) is 3.18. The van der Waals surface area contributed by atoms with Crippen molar-refractivity contribution in [2.45, 2.75) is 19.4 Å². The van der Waals surface area contributed by atoms with E-state index in [1.165, 1.54) is 0 Å². The number of hydrogen-bond donors (Lipinski definition) is 2. The predicted molar refractivity (Wildman–Crippen MR) is 66.6 cm³/mol. The van der Waals surface area contributed by atoms with Crippen LogP contribution in [0.1, 0.15) is 24.1 Å². The molecular weight excluding hydrogens is 232 g/mol. The molecule has 0 aliphatic carbocycles. The highest BCUT2D eigenvalue weighted by atomic mass is 16.5. The number of carbonyl (C=O) groups excluding carboxylic acids is 1. The second kappa shape index (κ2) is 5.37. The van der Waals surface area contributed by atoms with Gasteiger partial charge in [-0.15, -0.1) is 0 Å². The van der Waals surface area contributed by atoms with Gasteiger partial charge in [-0.3, -0.25) is 0 Å². The lowest BCUT2D eigenvalue weighted by Crippen LogP contribution is -2.42. The molecule has 4 N–H and O–H groups in total. The molecule has 5 heteroatoms. The van der Waals surface area contributed by atoms with E-state index in [2.05, 4.69) is 11.1 Å². The lowest BCUT2D eigenvalue weighted by atomic mass is 9.93. The lowest BCUT2D eigenvalue weighted by Gasteiger charge is -2.25. The Morgan fingerprint density at radius 2 is 2.33 bits per heavy atom. The summed E-state index contributed by atoms with van der Waals surface area (Å²) in [7, 11) is 1.63. The molecule has 0 saturated carbocycles. The standard InChI is InChI=1S/C13H18N2O3/c1-3-18-13(16)12-9-7-10(14)11(17-2)6-8(9)4-5-15-12/h6-7,12,15H,3-5,14H2,1-2H3/p+1. The minimum Gasteiger partial charge on any atom is -0.491 e. The third-order valence-corrected chi connectivity index (χ3v) is 3.12. The Labute approximate surface area is 106 Å². The van der Waals surface area contributed by atoms with Crippen LogP contribution in [0.15, 0.2) is 12.1 Å². The molecule has 1 aromatic rings. The minimum absolute atomic E-state index is 0.233. The largest absolute Gasteiger partial charge is 0.491 e. The second-order valence-corrected chi connectivity index (χ2v) is 4.25. The van der Waals surface area contributed by atoms with Crippen LogP contribution in [0.4, 0.5) is 5.69 Å². The van der Waals surface area contributed by atoms with Crippen molar-refractivity contribution in [1.82, 2.24) is 5.32 Å². The van der Waals surface area contributed by atoms with Gasteiger partial charge < -0.3 is 20.5 Å². The van der Waals surface area contributed by atoms with Gasteiger partial charge in [-0.2, -0.15) is 0 Å². The molecule has 0 aromatic heterocycles. The lowest BCUT2D eigenvalue weighted by molar-refractivity contribution is -0.256. The number of quaternary nitrogens is 1. The zero-order valence-electron chi connectivity index (χ0n) is 10.8. The maximum absolute atomic E-state index is 11.9. The first-order valence-corrected chi connectivity index (χ1v) is 6.10. The second-order valence-electron chi connectivity index (χ2n) is 4.25. The van der Waals surface area contributed by atoms with E-state index in [0.717, 1.165) is 35.5 Å². The summed E-state index contributed by atoms with van der Waals surface area (Å²) in [5.41, 5.74) is 6.79. The van der Waals surface area contributed by atoms with Crippen LogP contribution in [0.3, 0.4) is 0 Å². The van der Waals surface area contributed by atoms with Crippen LogP contribution in [-0.2, 0) is 16.0 Å². The van der Waals surface area contributed by atoms with Crippen molar-refractivity contribution in [1.29, 1.82) is 0 Å². The summed E-state index contributed by atoms with van der Waals surface area (Å²) in [4.78, 5) is 11.9. The molecule has 0 saturated heterocycles. The van der Waals surface area contributed by atoms with Gasteiger partial charge in [0.25, 0.3) is 0 Å². The first kappa shape index (κ1) is 12.9. The van der Waals surface area contributed by atoms with Gasteiger partial charge in [0, 0.05) is 12.6 Å². The summed E-state index contributed by atoms with van der Waals surface area (Å²) in [6, 6.07) is 3.48. The van der Waals surface area contributed by atoms with Crippen LogP contribution in [0.2, 0.25) is 0 Å². The van der Waals surface area contributed by atoms with E-state index in [0.29, 0.717) is 6.61 Å². The average molecular weight is 251 g/mol. The highest BCUT2D eigenvalue weighted by Gasteiger charge is 2.28. The minimum atomic E-state index is -0.389. The number of fused-ring (bicyclic) bond motifs is 1. The monoisotopic (exact) mass is 251 g/mol. The van der Waals surface area contributed by atoms with Crippen molar-refractivity contribution in [3.05, 3.63) is 23.3 Å². The summed E-state index contributed by atoms with van der Waals surface area (Å²) >= 11 is 0. The summed E-state index contributed by atoms with van der Waals surface area (Å²) in [5.74, 6) is 0.529. The number of carbonyl (C=O) groups is 1. The van der Waals surface area contributed by atoms with Crippen LogP contribution < -0.4 is 15.8 Å². The zero-order valence-corrected chi connectivity index (χ0v) is 10.8. The van der Waals surface area contributed by atoms with E-state index >= 15 is 0 Å². The van der Waals surface area contributed by atoms with Crippen molar-refractivity contribution < 1.29 is 20.0 Å². The number of methoxy groups -OCH3 is 1. The molecule has 0 amide bonds. The normalized spacial score (nSPS) is 18.1. The summed E-state index contributed by atoms with van der Waals surface area (Å²) < 4.78 is 10.3. The van der Waals surface area contributed by atoms with Crippen molar-refractivity contribution in [2.24, 2.45) is 0 Å².